The molecule has 1 amide bonds. The fourth-order valence-corrected chi connectivity index (χ4v) is 3.53. The number of unbranched alkanes of at least 4 members (excludes halogenated alkanes) is 1. The van der Waals surface area contributed by atoms with Crippen molar-refractivity contribution in [1.29, 1.82) is 0 Å². The summed E-state index contributed by atoms with van der Waals surface area (Å²) in [7, 11) is 1.62. The summed E-state index contributed by atoms with van der Waals surface area (Å²) < 4.78 is 11.7. The molecule has 1 aromatic carbocycles. The van der Waals surface area contributed by atoms with E-state index >= 15 is 0 Å². The predicted molar refractivity (Wildman–Crippen MR) is 99.0 cm³/mol. The van der Waals surface area contributed by atoms with Crippen LogP contribution in [0.5, 0.6) is 11.5 Å². The highest BCUT2D eigenvalue weighted by atomic mass is 32.2. The number of rotatable bonds is 7. The van der Waals surface area contributed by atoms with Gasteiger partial charge in [0, 0.05) is 6.54 Å². The van der Waals surface area contributed by atoms with E-state index in [-0.39, 0.29) is 5.91 Å². The molecule has 2 rings (SSSR count). The van der Waals surface area contributed by atoms with Crippen molar-refractivity contribution < 1.29 is 14.3 Å². The van der Waals surface area contributed by atoms with Gasteiger partial charge < -0.3 is 9.47 Å². The van der Waals surface area contributed by atoms with Gasteiger partial charge >= 0.3 is 0 Å². The van der Waals surface area contributed by atoms with Crippen molar-refractivity contribution in [3.8, 4) is 11.5 Å². The molecule has 0 saturated carbocycles. The molecule has 4 nitrogen and oxygen atoms in total. The molecule has 1 saturated heterocycles. The lowest BCUT2D eigenvalue weighted by molar-refractivity contribution is -0.121. The molecule has 1 fully saturated rings. The highest BCUT2D eigenvalue weighted by molar-refractivity contribution is 8.26. The first-order valence-corrected chi connectivity index (χ1v) is 8.89. The van der Waals surface area contributed by atoms with Crippen molar-refractivity contribution in [2.24, 2.45) is 0 Å². The van der Waals surface area contributed by atoms with E-state index in [1.54, 1.807) is 12.0 Å². The smallest absolute Gasteiger partial charge is 0.266 e. The molecular weight excluding hydrogens is 330 g/mol. The van der Waals surface area contributed by atoms with Gasteiger partial charge in [-0.15, -0.1) is 0 Å². The van der Waals surface area contributed by atoms with E-state index in [0.29, 0.717) is 33.9 Å². The van der Waals surface area contributed by atoms with Crippen LogP contribution in [0.25, 0.3) is 6.08 Å². The average molecular weight is 351 g/mol. The summed E-state index contributed by atoms with van der Waals surface area (Å²) >= 11 is 6.56. The number of carbonyl (C=O) groups is 1. The summed E-state index contributed by atoms with van der Waals surface area (Å²) in [5, 5.41) is 0. The van der Waals surface area contributed by atoms with Crippen molar-refractivity contribution in [1.82, 2.24) is 4.90 Å². The zero-order chi connectivity index (χ0) is 16.8. The van der Waals surface area contributed by atoms with Crippen molar-refractivity contribution >= 4 is 40.3 Å². The number of amides is 1. The number of methoxy groups -OCH3 is 1. The number of benzene rings is 1. The highest BCUT2D eigenvalue weighted by Crippen LogP contribution is 2.34. The summed E-state index contributed by atoms with van der Waals surface area (Å²) in [4.78, 5) is 14.5. The Bertz CT molecular complexity index is 628. The van der Waals surface area contributed by atoms with Crippen LogP contribution >= 0.6 is 24.0 Å². The molecule has 0 spiro atoms. The summed E-state index contributed by atoms with van der Waals surface area (Å²) in [6, 6.07) is 5.66. The number of thioether (sulfide) groups is 1. The third kappa shape index (κ3) is 4.26. The Balaban J connectivity index is 2.23. The third-order valence-corrected chi connectivity index (χ3v) is 4.81. The molecule has 6 heteroatoms. The van der Waals surface area contributed by atoms with Gasteiger partial charge in [0.05, 0.1) is 18.6 Å². The molecule has 1 heterocycles. The topological polar surface area (TPSA) is 38.8 Å². The first kappa shape index (κ1) is 17.8. The zero-order valence-corrected chi connectivity index (χ0v) is 15.3. The second-order valence-corrected chi connectivity index (χ2v) is 6.71. The van der Waals surface area contributed by atoms with Crippen LogP contribution in [-0.2, 0) is 4.79 Å². The first-order valence-electron chi connectivity index (χ1n) is 7.66. The Morgan fingerprint density at radius 2 is 2.09 bits per heavy atom. The Hall–Kier alpha value is -1.53. The van der Waals surface area contributed by atoms with Crippen LogP contribution in [-0.4, -0.2) is 35.4 Å². The molecule has 0 N–H and O–H groups in total. The predicted octanol–water partition coefficient (Wildman–Crippen LogP) is 4.10. The molecule has 1 aromatic rings. The maximum atomic E-state index is 12.3. The lowest BCUT2D eigenvalue weighted by Crippen LogP contribution is -2.27. The van der Waals surface area contributed by atoms with Crippen LogP contribution in [0.4, 0.5) is 0 Å². The molecule has 124 valence electrons. The summed E-state index contributed by atoms with van der Waals surface area (Å²) in [5.74, 6) is 1.35. The molecule has 0 aliphatic carbocycles. The SMILES string of the molecule is CCCCOc1cc(/C=C2\SC(=S)N(CC)C2=O)ccc1OC. The summed E-state index contributed by atoms with van der Waals surface area (Å²) in [6.07, 6.45) is 3.91. The normalized spacial score (nSPS) is 16.3. The number of ether oxygens (including phenoxy) is 2. The summed E-state index contributed by atoms with van der Waals surface area (Å²) in [6.45, 7) is 5.28. The van der Waals surface area contributed by atoms with Gasteiger partial charge in [0.15, 0.2) is 11.5 Å². The lowest BCUT2D eigenvalue weighted by atomic mass is 10.2. The maximum Gasteiger partial charge on any atom is 0.266 e. The largest absolute Gasteiger partial charge is 0.493 e. The monoisotopic (exact) mass is 351 g/mol. The third-order valence-electron chi connectivity index (χ3n) is 3.43. The van der Waals surface area contributed by atoms with Crippen LogP contribution in [0.2, 0.25) is 0 Å². The average Bonchev–Trinajstić information content (AvgIpc) is 2.81. The van der Waals surface area contributed by atoms with Gasteiger partial charge in [-0.3, -0.25) is 9.69 Å². The number of thiocarbonyl (C=S) groups is 1. The van der Waals surface area contributed by atoms with Gasteiger partial charge in [-0.2, -0.15) is 0 Å². The molecule has 0 radical (unpaired) electrons. The Morgan fingerprint density at radius 1 is 1.30 bits per heavy atom. The molecule has 0 aromatic heterocycles. The molecule has 1 aliphatic rings. The van der Waals surface area contributed by atoms with Gasteiger partial charge in [-0.05, 0) is 37.1 Å². The zero-order valence-electron chi connectivity index (χ0n) is 13.6. The number of carbonyl (C=O) groups excluding carboxylic acids is 1. The molecule has 0 unspecified atom stereocenters. The second kappa shape index (κ2) is 8.36. The van der Waals surface area contributed by atoms with E-state index in [0.717, 1.165) is 18.4 Å². The van der Waals surface area contributed by atoms with E-state index in [9.17, 15) is 4.79 Å². The first-order chi connectivity index (χ1) is 11.1. The van der Waals surface area contributed by atoms with Gasteiger partial charge in [0.1, 0.15) is 4.32 Å². The highest BCUT2D eigenvalue weighted by Gasteiger charge is 2.30. The quantitative estimate of drug-likeness (QED) is 0.420. The van der Waals surface area contributed by atoms with Crippen molar-refractivity contribution in [3.05, 3.63) is 28.7 Å². The van der Waals surface area contributed by atoms with Crippen LogP contribution in [0, 0.1) is 0 Å². The molecule has 23 heavy (non-hydrogen) atoms. The maximum absolute atomic E-state index is 12.3. The molecule has 0 bridgehead atoms. The van der Waals surface area contributed by atoms with Gasteiger partial charge in [-0.25, -0.2) is 0 Å². The Morgan fingerprint density at radius 3 is 2.70 bits per heavy atom. The number of likely N-dealkylation sites (N-methyl/N-ethyl adjacent to an activating group) is 1. The summed E-state index contributed by atoms with van der Waals surface area (Å²) in [5.41, 5.74) is 0.897. The number of nitrogens with zero attached hydrogens (tertiary/aromatic N) is 1. The van der Waals surface area contributed by atoms with Crippen LogP contribution in [0.15, 0.2) is 23.1 Å². The standard InChI is InChI=1S/C17H21NO3S2/c1-4-6-9-21-14-10-12(7-8-13(14)20-3)11-15-16(19)18(5-2)17(22)23-15/h7-8,10-11H,4-6,9H2,1-3H3/b15-11-. The fraction of sp³-hybridized carbons (Fsp3) is 0.412. The van der Waals surface area contributed by atoms with Crippen LogP contribution < -0.4 is 9.47 Å². The molecular formula is C17H21NO3S2. The van der Waals surface area contributed by atoms with E-state index in [1.165, 1.54) is 11.8 Å². The number of hydrogen-bond acceptors (Lipinski definition) is 5. The van der Waals surface area contributed by atoms with E-state index in [2.05, 4.69) is 6.92 Å². The van der Waals surface area contributed by atoms with Crippen LogP contribution in [0.1, 0.15) is 32.3 Å². The van der Waals surface area contributed by atoms with Crippen LogP contribution in [0.3, 0.4) is 0 Å². The fourth-order valence-electron chi connectivity index (χ4n) is 2.15. The minimum atomic E-state index is -0.0354. The van der Waals surface area contributed by atoms with E-state index < -0.39 is 0 Å². The molecule has 0 atom stereocenters. The van der Waals surface area contributed by atoms with E-state index in [1.807, 2.05) is 31.2 Å². The van der Waals surface area contributed by atoms with Crippen molar-refractivity contribution in [2.75, 3.05) is 20.3 Å². The van der Waals surface area contributed by atoms with Gasteiger partial charge in [0.25, 0.3) is 5.91 Å². The second-order valence-electron chi connectivity index (χ2n) is 5.04. The van der Waals surface area contributed by atoms with Gasteiger partial charge in [0.2, 0.25) is 0 Å². The Labute approximate surface area is 146 Å². The lowest BCUT2D eigenvalue weighted by Gasteiger charge is -2.11. The van der Waals surface area contributed by atoms with Crippen molar-refractivity contribution in [2.45, 2.75) is 26.7 Å². The number of hydrogen-bond donors (Lipinski definition) is 0. The molecule has 1 aliphatic heterocycles. The van der Waals surface area contributed by atoms with E-state index in [4.69, 9.17) is 21.7 Å². The van der Waals surface area contributed by atoms with Crippen molar-refractivity contribution in [3.63, 3.8) is 0 Å². The van der Waals surface area contributed by atoms with Gasteiger partial charge in [-0.1, -0.05) is 43.4 Å². The minimum Gasteiger partial charge on any atom is -0.493 e. The minimum absolute atomic E-state index is 0.0354. The Kier molecular flexibility index (Phi) is 6.47.